The number of piperazine rings is 1. The molecular weight excluding hydrogens is 412 g/mol. The van der Waals surface area contributed by atoms with Crippen molar-refractivity contribution in [2.24, 2.45) is 0 Å². The molecule has 0 unspecified atom stereocenters. The summed E-state index contributed by atoms with van der Waals surface area (Å²) in [7, 11) is 0. The third kappa shape index (κ3) is 7.57. The van der Waals surface area contributed by atoms with Crippen molar-refractivity contribution in [3.63, 3.8) is 0 Å². The van der Waals surface area contributed by atoms with Gasteiger partial charge >= 0.3 is 11.9 Å². The molecule has 2 N–H and O–H groups in total. The van der Waals surface area contributed by atoms with Gasteiger partial charge in [-0.3, -0.25) is 9.80 Å². The van der Waals surface area contributed by atoms with Gasteiger partial charge in [0.25, 0.3) is 0 Å². The standard InChI is InChI=1S/C22H24N2O2.C2H2O4/c1-2-7-20(8-3-1)26-21-9-4-6-19(16-21)17-23-11-13-24(14-12-23)18-22-10-5-15-25-22;3-1(4)2(5)6/h1-10,15-16H,11-14,17-18H2;(H,3,4)(H,5,6). The lowest BCUT2D eigenvalue weighted by Gasteiger charge is -2.34. The summed E-state index contributed by atoms with van der Waals surface area (Å²) in [5.41, 5.74) is 1.29. The Morgan fingerprint density at radius 3 is 2.00 bits per heavy atom. The van der Waals surface area contributed by atoms with Crippen LogP contribution in [0, 0.1) is 0 Å². The van der Waals surface area contributed by atoms with Gasteiger partial charge in [-0.15, -0.1) is 0 Å². The van der Waals surface area contributed by atoms with E-state index in [2.05, 4.69) is 28.0 Å². The maximum Gasteiger partial charge on any atom is 0.414 e. The van der Waals surface area contributed by atoms with Crippen LogP contribution in [0.3, 0.4) is 0 Å². The molecule has 0 spiro atoms. The van der Waals surface area contributed by atoms with Gasteiger partial charge in [-0.25, -0.2) is 9.59 Å². The van der Waals surface area contributed by atoms with Crippen molar-refractivity contribution in [1.82, 2.24) is 9.80 Å². The Bertz CT molecular complexity index is 971. The van der Waals surface area contributed by atoms with E-state index in [1.54, 1.807) is 6.26 Å². The predicted octanol–water partition coefficient (Wildman–Crippen LogP) is 3.55. The van der Waals surface area contributed by atoms with Crippen molar-refractivity contribution in [3.05, 3.63) is 84.3 Å². The molecule has 1 fully saturated rings. The van der Waals surface area contributed by atoms with Crippen LogP contribution in [0.5, 0.6) is 11.5 Å². The molecule has 0 saturated carbocycles. The Morgan fingerprint density at radius 2 is 1.41 bits per heavy atom. The first-order chi connectivity index (χ1) is 15.5. The summed E-state index contributed by atoms with van der Waals surface area (Å²) in [6.45, 7) is 6.15. The van der Waals surface area contributed by atoms with Crippen LogP contribution >= 0.6 is 0 Å². The van der Waals surface area contributed by atoms with Crippen LogP contribution < -0.4 is 4.74 Å². The topological polar surface area (TPSA) is 103 Å². The van der Waals surface area contributed by atoms with E-state index < -0.39 is 11.9 Å². The molecule has 1 aromatic heterocycles. The van der Waals surface area contributed by atoms with Crippen molar-refractivity contribution in [3.8, 4) is 11.5 Å². The van der Waals surface area contributed by atoms with Gasteiger partial charge in [0.1, 0.15) is 17.3 Å². The van der Waals surface area contributed by atoms with Gasteiger partial charge in [-0.1, -0.05) is 30.3 Å². The monoisotopic (exact) mass is 438 g/mol. The fourth-order valence-electron chi connectivity index (χ4n) is 3.32. The number of ether oxygens (including phenoxy) is 1. The van der Waals surface area contributed by atoms with Gasteiger partial charge in [0, 0.05) is 32.7 Å². The van der Waals surface area contributed by atoms with E-state index in [1.165, 1.54) is 5.56 Å². The number of carboxylic acids is 2. The molecule has 32 heavy (non-hydrogen) atoms. The Hall–Kier alpha value is -3.62. The molecule has 8 heteroatoms. The van der Waals surface area contributed by atoms with Gasteiger partial charge in [0.15, 0.2) is 0 Å². The Labute approximate surface area is 186 Å². The molecule has 168 valence electrons. The van der Waals surface area contributed by atoms with E-state index in [0.717, 1.165) is 56.5 Å². The number of benzene rings is 2. The summed E-state index contributed by atoms with van der Waals surface area (Å²) in [6.07, 6.45) is 1.75. The lowest BCUT2D eigenvalue weighted by molar-refractivity contribution is -0.159. The van der Waals surface area contributed by atoms with Crippen LogP contribution in [0.2, 0.25) is 0 Å². The van der Waals surface area contributed by atoms with E-state index >= 15 is 0 Å². The SMILES string of the molecule is O=C(O)C(=O)O.c1ccc(Oc2cccc(CN3CCN(Cc4ccco4)CC3)c2)cc1. The molecule has 0 radical (unpaired) electrons. The van der Waals surface area contributed by atoms with E-state index in [9.17, 15) is 0 Å². The number of carboxylic acid groups (broad SMARTS) is 2. The third-order valence-electron chi connectivity index (χ3n) is 4.89. The zero-order valence-electron chi connectivity index (χ0n) is 17.6. The minimum absolute atomic E-state index is 0.871. The molecule has 1 aliphatic rings. The Balaban J connectivity index is 0.000000427. The molecule has 0 bridgehead atoms. The van der Waals surface area contributed by atoms with Crippen LogP contribution in [0.25, 0.3) is 0 Å². The first-order valence-corrected chi connectivity index (χ1v) is 10.2. The number of nitrogens with zero attached hydrogens (tertiary/aromatic N) is 2. The average Bonchev–Trinajstić information content (AvgIpc) is 3.30. The molecule has 0 atom stereocenters. The maximum absolute atomic E-state index is 9.10. The summed E-state index contributed by atoms with van der Waals surface area (Å²) in [6, 6.07) is 22.3. The molecule has 4 rings (SSSR count). The smallest absolute Gasteiger partial charge is 0.414 e. The third-order valence-corrected chi connectivity index (χ3v) is 4.89. The van der Waals surface area contributed by atoms with Gasteiger partial charge in [0.05, 0.1) is 12.8 Å². The highest BCUT2D eigenvalue weighted by Crippen LogP contribution is 2.22. The lowest BCUT2D eigenvalue weighted by Crippen LogP contribution is -2.45. The predicted molar refractivity (Wildman–Crippen MR) is 117 cm³/mol. The quantitative estimate of drug-likeness (QED) is 0.563. The van der Waals surface area contributed by atoms with E-state index in [0.29, 0.717) is 0 Å². The number of hydrogen-bond acceptors (Lipinski definition) is 6. The fraction of sp³-hybridized carbons (Fsp3) is 0.250. The van der Waals surface area contributed by atoms with Crippen molar-refractivity contribution in [2.45, 2.75) is 13.1 Å². The molecule has 0 aliphatic carbocycles. The first-order valence-electron chi connectivity index (χ1n) is 10.2. The average molecular weight is 438 g/mol. The number of aliphatic carboxylic acids is 2. The van der Waals surface area contributed by atoms with E-state index in [-0.39, 0.29) is 0 Å². The van der Waals surface area contributed by atoms with E-state index in [1.807, 2.05) is 48.5 Å². The first kappa shape index (κ1) is 23.1. The largest absolute Gasteiger partial charge is 0.473 e. The normalized spacial score (nSPS) is 14.2. The number of furan rings is 1. The van der Waals surface area contributed by atoms with Crippen LogP contribution in [0.4, 0.5) is 0 Å². The summed E-state index contributed by atoms with van der Waals surface area (Å²) < 4.78 is 11.4. The van der Waals surface area contributed by atoms with Crippen LogP contribution in [-0.4, -0.2) is 58.1 Å². The number of carbonyl (C=O) groups is 2. The number of para-hydroxylation sites is 1. The zero-order chi connectivity index (χ0) is 22.8. The second kappa shape index (κ2) is 11.7. The second-order valence-electron chi connectivity index (χ2n) is 7.30. The minimum Gasteiger partial charge on any atom is -0.473 e. The molecule has 1 aliphatic heterocycles. The van der Waals surface area contributed by atoms with Crippen LogP contribution in [0.15, 0.2) is 77.4 Å². The van der Waals surface area contributed by atoms with Crippen LogP contribution in [-0.2, 0) is 22.7 Å². The molecule has 2 heterocycles. The number of rotatable bonds is 6. The maximum atomic E-state index is 9.10. The fourth-order valence-corrected chi connectivity index (χ4v) is 3.32. The second-order valence-corrected chi connectivity index (χ2v) is 7.30. The molecule has 0 amide bonds. The highest BCUT2D eigenvalue weighted by molar-refractivity contribution is 6.27. The summed E-state index contributed by atoms with van der Waals surface area (Å²) in [5, 5.41) is 14.8. The molecular formula is C24H26N2O6. The highest BCUT2D eigenvalue weighted by Gasteiger charge is 2.18. The van der Waals surface area contributed by atoms with Crippen molar-refractivity contribution >= 4 is 11.9 Å². The molecule has 3 aromatic rings. The van der Waals surface area contributed by atoms with Gasteiger partial charge in [0.2, 0.25) is 0 Å². The summed E-state index contributed by atoms with van der Waals surface area (Å²) >= 11 is 0. The van der Waals surface area contributed by atoms with Gasteiger partial charge in [-0.2, -0.15) is 0 Å². The minimum atomic E-state index is -1.82. The molecule has 1 saturated heterocycles. The van der Waals surface area contributed by atoms with Gasteiger partial charge < -0.3 is 19.4 Å². The lowest BCUT2D eigenvalue weighted by atomic mass is 10.2. The Kier molecular flexibility index (Phi) is 8.42. The zero-order valence-corrected chi connectivity index (χ0v) is 17.6. The summed E-state index contributed by atoms with van der Waals surface area (Å²) in [4.78, 5) is 23.1. The molecule has 2 aromatic carbocycles. The van der Waals surface area contributed by atoms with Gasteiger partial charge in [-0.05, 0) is 42.0 Å². The van der Waals surface area contributed by atoms with E-state index in [4.69, 9.17) is 29.0 Å². The number of hydrogen-bond donors (Lipinski definition) is 2. The highest BCUT2D eigenvalue weighted by atomic mass is 16.5. The molecule has 8 nitrogen and oxygen atoms in total. The van der Waals surface area contributed by atoms with Crippen molar-refractivity contribution < 1.29 is 29.0 Å². The van der Waals surface area contributed by atoms with Crippen LogP contribution in [0.1, 0.15) is 11.3 Å². The van der Waals surface area contributed by atoms with Crippen molar-refractivity contribution in [2.75, 3.05) is 26.2 Å². The Morgan fingerprint density at radius 1 is 0.781 bits per heavy atom. The summed E-state index contributed by atoms with van der Waals surface area (Å²) in [5.74, 6) is -0.837. The van der Waals surface area contributed by atoms with Crippen molar-refractivity contribution in [1.29, 1.82) is 0 Å².